The van der Waals surface area contributed by atoms with E-state index in [9.17, 15) is 0 Å². The Balaban J connectivity index is 0.000000371. The van der Waals surface area contributed by atoms with Gasteiger partial charge in [0, 0.05) is 0 Å². The van der Waals surface area contributed by atoms with Crippen molar-refractivity contribution in [2.45, 2.75) is 79.1 Å². The summed E-state index contributed by atoms with van der Waals surface area (Å²) in [6.45, 7) is 24.0. The summed E-state index contributed by atoms with van der Waals surface area (Å²) in [6.07, 6.45) is 3.60. The van der Waals surface area contributed by atoms with E-state index in [0.717, 1.165) is 23.7 Å². The van der Waals surface area contributed by atoms with Gasteiger partial charge in [0.15, 0.2) is 0 Å². The van der Waals surface area contributed by atoms with Gasteiger partial charge in [-0.05, 0) is 5.02 Å². The average Bonchev–Trinajstić information content (AvgIpc) is 3.29. The van der Waals surface area contributed by atoms with E-state index in [1.165, 1.54) is 37.9 Å². The first kappa shape index (κ1) is 32.2. The molecule has 0 bridgehead atoms. The number of halogens is 1. The van der Waals surface area contributed by atoms with Crippen LogP contribution in [0.1, 0.15) is 107 Å². The molecule has 0 aromatic heterocycles. The monoisotopic (exact) mass is 647 g/mol. The van der Waals surface area contributed by atoms with Crippen LogP contribution in [-0.2, 0) is 18.7 Å². The fraction of sp³-hybridized carbons (Fsp3) is 0.389. The van der Waals surface area contributed by atoms with Gasteiger partial charge in [0.05, 0.1) is 0 Å². The fourth-order valence-electron chi connectivity index (χ4n) is 5.29. The molecule has 0 amide bonds. The molecule has 3 aromatic rings. The van der Waals surface area contributed by atoms with Crippen LogP contribution in [-0.4, -0.2) is 17.3 Å². The molecule has 1 heterocycles. The van der Waals surface area contributed by atoms with Crippen molar-refractivity contribution in [3.8, 4) is 0 Å². The molecule has 0 atom stereocenters. The van der Waals surface area contributed by atoms with Crippen molar-refractivity contribution in [1.82, 2.24) is 0 Å². The summed E-state index contributed by atoms with van der Waals surface area (Å²) < 4.78 is 1.21. The van der Waals surface area contributed by atoms with E-state index < -0.39 is 0 Å². The second-order valence-corrected chi connectivity index (χ2v) is 12.8. The average molecular weight is 649 g/mol. The Labute approximate surface area is 259 Å². The number of rotatable bonds is 8. The van der Waals surface area contributed by atoms with Gasteiger partial charge in [-0.3, -0.25) is 0 Å². The summed E-state index contributed by atoms with van der Waals surface area (Å²) in [7, 11) is 0. The Morgan fingerprint density at radius 1 is 0.675 bits per heavy atom. The third kappa shape index (κ3) is 7.30. The molecule has 218 valence electrons. The van der Waals surface area contributed by atoms with Crippen LogP contribution in [0.15, 0.2) is 73.3 Å². The molecule has 1 aliphatic heterocycles. The second kappa shape index (κ2) is 14.5. The van der Waals surface area contributed by atoms with Crippen LogP contribution in [0.25, 0.3) is 0 Å². The molecule has 0 radical (unpaired) electrons. The molecular weight excluding hydrogens is 602 g/mol. The molecule has 0 aliphatic carbocycles. The molecule has 1 fully saturated rings. The zero-order valence-corrected chi connectivity index (χ0v) is 27.8. The first-order valence-corrected chi connectivity index (χ1v) is 15.6. The number of benzene rings is 3. The van der Waals surface area contributed by atoms with Crippen molar-refractivity contribution >= 4 is 27.2 Å². The van der Waals surface area contributed by atoms with E-state index in [-0.39, 0.29) is 0 Å². The molecule has 4 heteroatoms. The van der Waals surface area contributed by atoms with Crippen LogP contribution >= 0.6 is 11.6 Å². The third-order valence-corrected chi connectivity index (χ3v) is 8.57. The molecule has 2 nitrogen and oxygen atoms in total. The minimum atomic E-state index is 0.492. The van der Waals surface area contributed by atoms with Crippen LogP contribution in [0.5, 0.6) is 0 Å². The molecule has 0 N–H and O–H groups in total. The normalized spacial score (nSPS) is 13.4. The van der Waals surface area contributed by atoms with Crippen LogP contribution in [0, 0.1) is 6.42 Å². The van der Waals surface area contributed by atoms with Crippen molar-refractivity contribution in [2.75, 3.05) is 22.9 Å². The van der Waals surface area contributed by atoms with Crippen molar-refractivity contribution in [3.63, 3.8) is 0 Å². The van der Waals surface area contributed by atoms with Gasteiger partial charge in [-0.25, -0.2) is 0 Å². The van der Waals surface area contributed by atoms with E-state index in [1.54, 1.807) is 6.08 Å². The predicted octanol–water partition coefficient (Wildman–Crippen LogP) is 10.2. The topological polar surface area (TPSA) is 6.48 Å². The van der Waals surface area contributed by atoms with Crippen LogP contribution in [0.4, 0.5) is 11.4 Å². The maximum absolute atomic E-state index is 5.82. The zero-order chi connectivity index (χ0) is 29.6. The molecule has 1 aliphatic rings. The standard InChI is InChI=1S/C27H38N2.C9H8Cl.Pd/c1-18(2)22-11-9-12-23(19(3)4)26(22)28-15-16-29(17-28)27-24(20(5)6)13-10-14-25(27)21(7)8;1-2-5-8-6-3-4-7-9(8)10;/h9-14,18-21H,15-16H2,1-8H3;2-7H,1H2;/q;-1;. The molecule has 4 rings (SSSR count). The van der Waals surface area contributed by atoms with E-state index in [2.05, 4.69) is 127 Å². The molecule has 3 aromatic carbocycles. The first-order chi connectivity index (χ1) is 19.0. The summed E-state index contributed by atoms with van der Waals surface area (Å²) in [5.74, 6) is 1.97. The summed E-state index contributed by atoms with van der Waals surface area (Å²) in [5, 5.41) is 0.766. The Kier molecular flexibility index (Phi) is 11.7. The van der Waals surface area contributed by atoms with Crippen molar-refractivity contribution < 1.29 is 18.7 Å². The number of hydrogen-bond acceptors (Lipinski definition) is 2. The quantitative estimate of drug-likeness (QED) is 0.177. The van der Waals surface area contributed by atoms with Gasteiger partial charge in [-0.1, -0.05) is 12.1 Å². The van der Waals surface area contributed by atoms with Gasteiger partial charge >= 0.3 is 195 Å². The van der Waals surface area contributed by atoms with Gasteiger partial charge in [-0.2, -0.15) is 12.7 Å². The van der Waals surface area contributed by atoms with Crippen LogP contribution < -0.4 is 9.80 Å². The molecular formula is C36H46ClN2Pd-. The van der Waals surface area contributed by atoms with Crippen molar-refractivity contribution in [1.29, 1.82) is 0 Å². The predicted molar refractivity (Wildman–Crippen MR) is 174 cm³/mol. The van der Waals surface area contributed by atoms with Crippen molar-refractivity contribution in [2.24, 2.45) is 0 Å². The Bertz CT molecular complexity index is 1180. The minimum absolute atomic E-state index is 0.492. The molecule has 0 saturated carbocycles. The molecule has 0 unspecified atom stereocenters. The third-order valence-electron chi connectivity index (χ3n) is 7.39. The van der Waals surface area contributed by atoms with E-state index in [4.69, 9.17) is 11.6 Å². The van der Waals surface area contributed by atoms with Gasteiger partial charge in [0.25, 0.3) is 0 Å². The fourth-order valence-corrected chi connectivity index (χ4v) is 6.19. The number of para-hydroxylation sites is 2. The van der Waals surface area contributed by atoms with Crippen LogP contribution in [0.2, 0.25) is 5.02 Å². The Morgan fingerprint density at radius 2 is 1.05 bits per heavy atom. The van der Waals surface area contributed by atoms with Gasteiger partial charge in [0.1, 0.15) is 0 Å². The van der Waals surface area contributed by atoms with Gasteiger partial charge in [0.2, 0.25) is 0 Å². The molecule has 0 spiro atoms. The van der Waals surface area contributed by atoms with Gasteiger partial charge < -0.3 is 0 Å². The Hall–Kier alpha value is -2.31. The number of anilines is 2. The van der Waals surface area contributed by atoms with E-state index >= 15 is 0 Å². The number of hydrogen-bond donors (Lipinski definition) is 0. The number of allylic oxidation sites excluding steroid dienone is 1. The Morgan fingerprint density at radius 3 is 1.38 bits per heavy atom. The van der Waals surface area contributed by atoms with E-state index in [1.807, 2.05) is 30.7 Å². The molecule has 40 heavy (non-hydrogen) atoms. The van der Waals surface area contributed by atoms with Crippen molar-refractivity contribution in [3.05, 3.63) is 113 Å². The summed E-state index contributed by atoms with van der Waals surface area (Å²) >= 11 is 9.52. The summed E-state index contributed by atoms with van der Waals surface area (Å²) in [5.41, 5.74) is 9.57. The van der Waals surface area contributed by atoms with E-state index in [0.29, 0.717) is 23.7 Å². The summed E-state index contributed by atoms with van der Waals surface area (Å²) in [4.78, 5) is 5.04. The van der Waals surface area contributed by atoms with Crippen LogP contribution in [0.3, 0.4) is 0 Å². The first-order valence-electron chi connectivity index (χ1n) is 14.5. The van der Waals surface area contributed by atoms with Gasteiger partial charge in [-0.15, -0.1) is 35.7 Å². The summed E-state index contributed by atoms with van der Waals surface area (Å²) in [6, 6.07) is 21.3. The SMILES string of the molecule is C=C[CH-]c1ccccc1Cl.CC(C)c1cccc(C(C)C)c1N1CCN(c2c(C(C)C)cccc2C(C)C)[C]1=[Pd]. The number of nitrogens with zero attached hydrogens (tertiary/aromatic N) is 2. The molecule has 1 saturated heterocycles. The second-order valence-electron chi connectivity index (χ2n) is 11.7. The maximum atomic E-state index is 5.82. The zero-order valence-electron chi connectivity index (χ0n) is 25.4.